The predicted octanol–water partition coefficient (Wildman–Crippen LogP) is 24.4. The lowest BCUT2D eigenvalue weighted by Gasteiger charge is -2.11. The van der Waals surface area contributed by atoms with Gasteiger partial charge in [0, 0.05) is 117 Å². The highest BCUT2D eigenvalue weighted by Crippen LogP contribution is 2.44. The number of hydrogen-bond acceptors (Lipinski definition) is 7. The summed E-state index contributed by atoms with van der Waals surface area (Å²) in [6.45, 7) is 0. The molecule has 10 aromatic heterocycles. The van der Waals surface area contributed by atoms with Crippen molar-refractivity contribution in [1.29, 1.82) is 0 Å². The molecule has 0 spiro atoms. The first-order chi connectivity index (χ1) is 50.6. The highest BCUT2D eigenvalue weighted by Gasteiger charge is 2.24. The third kappa shape index (κ3) is 8.79. The molecule has 0 bridgehead atoms. The van der Waals surface area contributed by atoms with Crippen LogP contribution in [0.1, 0.15) is 0 Å². The van der Waals surface area contributed by atoms with Crippen LogP contribution in [0.25, 0.3) is 203 Å². The van der Waals surface area contributed by atoms with Gasteiger partial charge in [0.2, 0.25) is 0 Å². The zero-order chi connectivity index (χ0) is 66.9. The van der Waals surface area contributed by atoms with Crippen LogP contribution in [-0.4, -0.2) is 33.6 Å². The van der Waals surface area contributed by atoms with E-state index in [2.05, 4.69) is 268 Å². The molecule has 0 radical (unpaired) electrons. The van der Waals surface area contributed by atoms with Crippen molar-refractivity contribution in [2.24, 2.45) is 0 Å². The Bertz CT molecular complexity index is 7310. The number of nitrogens with zero attached hydrogens (tertiary/aromatic N) is 7. The highest BCUT2D eigenvalue weighted by molar-refractivity contribution is 6.26. The van der Waals surface area contributed by atoms with Crippen LogP contribution in [0.3, 0.4) is 0 Å². The summed E-state index contributed by atoms with van der Waals surface area (Å²) < 4.78 is 25.9. The van der Waals surface area contributed by atoms with E-state index in [1.807, 2.05) is 79.4 Å². The molecule has 23 aromatic rings. The molecular weight excluding hydrogens is 1250 g/mol. The Balaban J connectivity index is 0.0000001000. The maximum Gasteiger partial charge on any atom is 0.164 e. The summed E-state index contributed by atoms with van der Waals surface area (Å²) >= 11 is 0. The monoisotopic (exact) mass is 1310 g/mol. The van der Waals surface area contributed by atoms with Gasteiger partial charge in [0.15, 0.2) is 11.2 Å². The van der Waals surface area contributed by atoms with Gasteiger partial charge in [-0.05, 0) is 113 Å². The van der Waals surface area contributed by atoms with Crippen LogP contribution < -0.4 is 0 Å². The van der Waals surface area contributed by atoms with E-state index in [1.165, 1.54) is 27.6 Å². The Morgan fingerprint density at radius 1 is 0.196 bits per heavy atom. The molecule has 10 heterocycles. The van der Waals surface area contributed by atoms with Crippen molar-refractivity contribution in [3.05, 3.63) is 334 Å². The van der Waals surface area contributed by atoms with Crippen LogP contribution in [0.5, 0.6) is 0 Å². The van der Waals surface area contributed by atoms with Crippen molar-refractivity contribution in [3.63, 3.8) is 0 Å². The number of rotatable bonds is 5. The van der Waals surface area contributed by atoms with Gasteiger partial charge in [-0.15, -0.1) is 0 Å². The largest absolute Gasteiger partial charge is 0.455 e. The average Bonchev–Trinajstić information content (AvgIpc) is 1.56. The number of hydrogen-bond donors (Lipinski definition) is 0. The second kappa shape index (κ2) is 22.8. The molecule has 0 fully saturated rings. The van der Waals surface area contributed by atoms with Crippen molar-refractivity contribution < 1.29 is 13.3 Å². The van der Waals surface area contributed by atoms with E-state index in [4.69, 9.17) is 33.2 Å². The first kappa shape index (κ1) is 57.1. The van der Waals surface area contributed by atoms with E-state index in [1.54, 1.807) is 0 Å². The number of aromatic nitrogens is 7. The van der Waals surface area contributed by atoms with Crippen LogP contribution in [-0.2, 0) is 0 Å². The van der Waals surface area contributed by atoms with Gasteiger partial charge in [0.25, 0.3) is 0 Å². The lowest BCUT2D eigenvalue weighted by Crippen LogP contribution is -1.95. The minimum Gasteiger partial charge on any atom is -0.455 e. The zero-order valence-electron chi connectivity index (χ0n) is 54.6. The van der Waals surface area contributed by atoms with Crippen molar-refractivity contribution in [3.8, 4) is 39.3 Å². The van der Waals surface area contributed by atoms with Crippen molar-refractivity contribution in [1.82, 2.24) is 33.6 Å². The molecule has 0 N–H and O–H groups in total. The summed E-state index contributed by atoms with van der Waals surface area (Å²) in [7, 11) is 0. The Morgan fingerprint density at radius 2 is 0.569 bits per heavy atom. The van der Waals surface area contributed by atoms with Gasteiger partial charge in [0.05, 0.1) is 38.6 Å². The smallest absolute Gasteiger partial charge is 0.164 e. The van der Waals surface area contributed by atoms with Gasteiger partial charge in [-0.25, -0.2) is 4.98 Å². The Morgan fingerprint density at radius 3 is 1.20 bits per heavy atom. The minimum atomic E-state index is 0.785. The minimum absolute atomic E-state index is 0.785. The fourth-order valence-corrected chi connectivity index (χ4v) is 15.7. The van der Waals surface area contributed by atoms with Gasteiger partial charge >= 0.3 is 0 Å². The van der Waals surface area contributed by atoms with Crippen LogP contribution in [0.15, 0.2) is 347 Å². The van der Waals surface area contributed by atoms with E-state index < -0.39 is 0 Å². The van der Waals surface area contributed by atoms with E-state index >= 15 is 0 Å². The lowest BCUT2D eigenvalue weighted by molar-refractivity contribution is 0.671. The SMILES string of the molecule is c1ccc(-c2ccc(-n3c4ccccc4c4ncc5c(ccc6c7ccccc7oc65)c43)cc2)cc1.c1ccc(-c2cccc(-n3c4ccccc4c4cnc5c(ccc6c7ccccc7oc65)c43)c2)cc1.c1ccc(-n2c3ccccc3c3cnc4c(ncc5c6ccccc6oc54)c32)cc1. The average molecular weight is 1310 g/mol. The molecular formula is C92H55N7O3. The molecule has 0 unspecified atom stereocenters. The fourth-order valence-electron chi connectivity index (χ4n) is 15.7. The first-order valence-electron chi connectivity index (χ1n) is 34.2. The summed E-state index contributed by atoms with van der Waals surface area (Å²) in [5.41, 5.74) is 23.6. The van der Waals surface area contributed by atoms with Crippen molar-refractivity contribution in [2.75, 3.05) is 0 Å². The first-order valence-corrected chi connectivity index (χ1v) is 34.2. The van der Waals surface area contributed by atoms with Gasteiger partial charge < -0.3 is 27.0 Å². The molecule has 0 amide bonds. The molecule has 23 rings (SSSR count). The maximum absolute atomic E-state index is 6.35. The van der Waals surface area contributed by atoms with E-state index in [-0.39, 0.29) is 0 Å². The number of fused-ring (bicyclic) bond motifs is 27. The number of furan rings is 3. The maximum atomic E-state index is 6.35. The second-order valence-corrected chi connectivity index (χ2v) is 26.0. The van der Waals surface area contributed by atoms with Crippen LogP contribution in [0.2, 0.25) is 0 Å². The van der Waals surface area contributed by atoms with E-state index in [0.29, 0.717) is 0 Å². The summed E-state index contributed by atoms with van der Waals surface area (Å²) in [5.74, 6) is 0. The lowest BCUT2D eigenvalue weighted by atomic mass is 10.0. The topological polar surface area (TPSA) is 106 Å². The molecule has 476 valence electrons. The fraction of sp³-hybridized carbons (Fsp3) is 0. The molecule has 102 heavy (non-hydrogen) atoms. The standard InChI is InChI=1S/2C33H20N2O.C26H15N3O/c1-2-9-21(10-3-1)22-11-8-12-23(19-22)35-29-15-6-4-13-24(29)28-20-34-31-27(32(28)35)18-17-26-25-14-5-7-16-30(25)36-33(26)31;1-2-8-21(9-3-1)22-14-16-23(17-15-22)35-29-12-6-4-11-27(29)31-32(35)25-18-19-26-24-10-5-7-13-30(24)36-33(26)28(25)20-34-31;1-2-8-16(9-3-1)29-21-12-6-4-10-17(21)19-14-28-24-23(25(19)29)27-15-20-18-11-5-7-13-22(18)30-26(20)24/h2*1-20H;1-15H. The molecule has 0 aliphatic heterocycles. The van der Waals surface area contributed by atoms with Gasteiger partial charge in [0.1, 0.15) is 38.9 Å². The zero-order valence-corrected chi connectivity index (χ0v) is 54.6. The normalized spacial score (nSPS) is 11.9. The molecule has 0 atom stereocenters. The Kier molecular flexibility index (Phi) is 12.8. The van der Waals surface area contributed by atoms with Crippen molar-refractivity contribution >= 4 is 164 Å². The Hall–Kier alpha value is -14.0. The number of pyridine rings is 4. The molecule has 10 nitrogen and oxygen atoms in total. The quantitative estimate of drug-likeness (QED) is 0.169. The third-order valence-corrected chi connectivity index (χ3v) is 20.3. The summed E-state index contributed by atoms with van der Waals surface area (Å²) in [4.78, 5) is 19.7. The number of para-hydroxylation sites is 7. The van der Waals surface area contributed by atoms with Crippen LogP contribution in [0, 0.1) is 0 Å². The highest BCUT2D eigenvalue weighted by atomic mass is 16.3. The van der Waals surface area contributed by atoms with Crippen molar-refractivity contribution in [2.45, 2.75) is 0 Å². The molecule has 0 saturated carbocycles. The van der Waals surface area contributed by atoms with E-state index in [9.17, 15) is 0 Å². The van der Waals surface area contributed by atoms with Crippen LogP contribution >= 0.6 is 0 Å². The Labute approximate surface area is 581 Å². The molecule has 0 aliphatic rings. The third-order valence-electron chi connectivity index (χ3n) is 20.3. The molecule has 13 aromatic carbocycles. The molecule has 0 aliphatic carbocycles. The summed E-state index contributed by atoms with van der Waals surface area (Å²) in [5, 5.41) is 15.5. The molecule has 10 heteroatoms. The van der Waals surface area contributed by atoms with E-state index in [0.717, 1.165) is 176 Å². The van der Waals surface area contributed by atoms with Gasteiger partial charge in [-0.1, -0.05) is 218 Å². The second-order valence-electron chi connectivity index (χ2n) is 26.0. The summed E-state index contributed by atoms with van der Waals surface area (Å²) in [6, 6.07) is 108. The summed E-state index contributed by atoms with van der Waals surface area (Å²) in [6.07, 6.45) is 7.84. The van der Waals surface area contributed by atoms with Gasteiger partial charge in [-0.3, -0.25) is 15.0 Å². The number of benzene rings is 13. The molecule has 0 saturated heterocycles. The predicted molar refractivity (Wildman–Crippen MR) is 419 cm³/mol. The van der Waals surface area contributed by atoms with Crippen LogP contribution in [0.4, 0.5) is 0 Å². The van der Waals surface area contributed by atoms with Gasteiger partial charge in [-0.2, -0.15) is 0 Å².